The van der Waals surface area contributed by atoms with Gasteiger partial charge in [0.25, 0.3) is 0 Å². The zero-order chi connectivity index (χ0) is 33.9. The van der Waals surface area contributed by atoms with Crippen LogP contribution < -0.4 is 0 Å². The molecule has 1 saturated heterocycles. The van der Waals surface area contributed by atoms with Crippen molar-refractivity contribution in [3.63, 3.8) is 0 Å². The summed E-state index contributed by atoms with van der Waals surface area (Å²) in [7, 11) is 1.52. The molecule has 1 aliphatic heterocycles. The molecule has 0 unspecified atom stereocenters. The summed E-state index contributed by atoms with van der Waals surface area (Å²) in [6.45, 7) is 0.674. The fourth-order valence-electron chi connectivity index (χ4n) is 5.89. The molecule has 7 heteroatoms. The third-order valence-electron chi connectivity index (χ3n) is 8.45. The van der Waals surface area contributed by atoms with E-state index in [9.17, 15) is 9.50 Å². The van der Waals surface area contributed by atoms with Crippen LogP contribution in [0.15, 0.2) is 146 Å². The molecule has 1 N–H and O–H groups in total. The van der Waals surface area contributed by atoms with E-state index in [0.717, 1.165) is 16.7 Å². The Balaban J connectivity index is 1.45. The van der Waals surface area contributed by atoms with Crippen LogP contribution >= 0.6 is 0 Å². The molecule has 49 heavy (non-hydrogen) atoms. The highest BCUT2D eigenvalue weighted by molar-refractivity contribution is 5.42. The molecule has 5 aromatic carbocycles. The smallest absolute Gasteiger partial charge is 0.186 e. The first-order valence-corrected chi connectivity index (χ1v) is 16.2. The number of hydrogen-bond acceptors (Lipinski definition) is 6. The molecule has 0 aromatic heterocycles. The number of aliphatic hydroxyl groups is 1. The molecule has 5 aromatic rings. The van der Waals surface area contributed by atoms with Crippen molar-refractivity contribution in [3.8, 4) is 11.8 Å². The highest BCUT2D eigenvalue weighted by Crippen LogP contribution is 2.39. The van der Waals surface area contributed by atoms with E-state index in [-0.39, 0.29) is 19.8 Å². The standard InChI is InChI=1S/C42H39FO6/c1-45-41-39(48-30-34-20-12-5-13-21-34)37(46-28-32-16-8-3-9-17-32)38(47-29-33-18-10-4-11-19-33)40(49-41)42(44,35-22-24-36(43)25-23-35)27-26-31-14-6-2-7-15-31/h2-25,37-41,44H,28-30H2,1H3/t37-,38-,39+,40-,41-,42+/m0/s1. The van der Waals surface area contributed by atoms with Gasteiger partial charge < -0.3 is 28.8 Å². The summed E-state index contributed by atoms with van der Waals surface area (Å²) in [5.41, 5.74) is 1.83. The summed E-state index contributed by atoms with van der Waals surface area (Å²) in [6.07, 6.45) is -4.67. The lowest BCUT2D eigenvalue weighted by Crippen LogP contribution is -2.65. The topological polar surface area (TPSA) is 66.4 Å². The number of ether oxygens (including phenoxy) is 5. The van der Waals surface area contributed by atoms with Crippen molar-refractivity contribution < 1.29 is 33.2 Å². The van der Waals surface area contributed by atoms with Gasteiger partial charge in [-0.25, -0.2) is 4.39 Å². The van der Waals surface area contributed by atoms with Gasteiger partial charge in [-0.1, -0.05) is 133 Å². The normalized spacial score (nSPS) is 21.7. The first kappa shape index (κ1) is 34.2. The SMILES string of the molecule is CO[C@H]1O[C@H]([C@@](O)(C#Cc2ccccc2)c2ccc(F)cc2)[C@@H](OCc2ccccc2)[C@H](OCc2ccccc2)[C@H]1OCc1ccccc1. The van der Waals surface area contributed by atoms with E-state index in [4.69, 9.17) is 23.7 Å². The first-order chi connectivity index (χ1) is 24.0. The minimum Gasteiger partial charge on any atom is -0.371 e. The predicted octanol–water partition coefficient (Wildman–Crippen LogP) is 7.19. The molecular formula is C42H39FO6. The molecule has 6 atom stereocenters. The minimum absolute atomic E-state index is 0.186. The Labute approximate surface area is 287 Å². The van der Waals surface area contributed by atoms with Crippen LogP contribution in [0.2, 0.25) is 0 Å². The molecule has 0 amide bonds. The van der Waals surface area contributed by atoms with E-state index in [2.05, 4.69) is 11.8 Å². The van der Waals surface area contributed by atoms with Gasteiger partial charge in [0.05, 0.1) is 19.8 Å². The van der Waals surface area contributed by atoms with Crippen molar-refractivity contribution in [1.82, 2.24) is 0 Å². The molecular weight excluding hydrogens is 619 g/mol. The average Bonchev–Trinajstić information content (AvgIpc) is 3.16. The lowest BCUT2D eigenvalue weighted by Gasteiger charge is -2.49. The fourth-order valence-corrected chi connectivity index (χ4v) is 5.89. The Kier molecular flexibility index (Phi) is 11.6. The zero-order valence-electron chi connectivity index (χ0n) is 27.2. The number of halogens is 1. The van der Waals surface area contributed by atoms with E-state index in [1.54, 1.807) is 0 Å². The van der Waals surface area contributed by atoms with Crippen LogP contribution in [0.4, 0.5) is 4.39 Å². The maximum atomic E-state index is 14.2. The Bertz CT molecular complexity index is 1780. The van der Waals surface area contributed by atoms with Crippen molar-refractivity contribution in [1.29, 1.82) is 0 Å². The number of benzene rings is 5. The summed E-state index contributed by atoms with van der Waals surface area (Å²) in [4.78, 5) is 0. The Hall–Kier alpha value is -4.65. The lowest BCUT2D eigenvalue weighted by molar-refractivity contribution is -0.337. The molecule has 0 spiro atoms. The Morgan fingerprint density at radius 2 is 1.06 bits per heavy atom. The highest BCUT2D eigenvalue weighted by atomic mass is 19.1. The average molecular weight is 659 g/mol. The Morgan fingerprint density at radius 3 is 1.55 bits per heavy atom. The van der Waals surface area contributed by atoms with E-state index in [0.29, 0.717) is 11.1 Å². The molecule has 0 radical (unpaired) electrons. The van der Waals surface area contributed by atoms with Gasteiger partial charge in [0.2, 0.25) is 0 Å². The summed E-state index contributed by atoms with van der Waals surface area (Å²) < 4.78 is 46.8. The molecule has 1 aliphatic rings. The third-order valence-corrected chi connectivity index (χ3v) is 8.45. The van der Waals surface area contributed by atoms with Crippen LogP contribution in [0.25, 0.3) is 0 Å². The van der Waals surface area contributed by atoms with Gasteiger partial charge in [-0.3, -0.25) is 0 Å². The molecule has 6 rings (SSSR count). The number of methoxy groups -OCH3 is 1. The molecule has 1 fully saturated rings. The quantitative estimate of drug-likeness (QED) is 0.143. The summed E-state index contributed by atoms with van der Waals surface area (Å²) in [5, 5.41) is 12.8. The van der Waals surface area contributed by atoms with E-state index >= 15 is 0 Å². The molecule has 0 bridgehead atoms. The van der Waals surface area contributed by atoms with Crippen LogP contribution in [0.5, 0.6) is 0 Å². The van der Waals surface area contributed by atoms with Gasteiger partial charge in [0.15, 0.2) is 11.9 Å². The molecule has 0 aliphatic carbocycles. The van der Waals surface area contributed by atoms with Crippen LogP contribution in [-0.2, 0) is 49.1 Å². The van der Waals surface area contributed by atoms with Crippen LogP contribution in [0.3, 0.4) is 0 Å². The minimum atomic E-state index is -2.00. The van der Waals surface area contributed by atoms with Gasteiger partial charge in [-0.15, -0.1) is 0 Å². The zero-order valence-corrected chi connectivity index (χ0v) is 27.2. The van der Waals surface area contributed by atoms with E-state index < -0.39 is 42.1 Å². The molecule has 0 saturated carbocycles. The van der Waals surface area contributed by atoms with Gasteiger partial charge in [0.1, 0.15) is 30.2 Å². The van der Waals surface area contributed by atoms with Gasteiger partial charge in [-0.2, -0.15) is 0 Å². The van der Waals surface area contributed by atoms with Gasteiger partial charge >= 0.3 is 0 Å². The van der Waals surface area contributed by atoms with Crippen molar-refractivity contribution in [2.24, 2.45) is 0 Å². The first-order valence-electron chi connectivity index (χ1n) is 16.2. The Morgan fingerprint density at radius 1 is 0.612 bits per heavy atom. The lowest BCUT2D eigenvalue weighted by atomic mass is 9.81. The van der Waals surface area contributed by atoms with Crippen molar-refractivity contribution in [2.45, 2.75) is 56.1 Å². The molecule has 250 valence electrons. The highest BCUT2D eigenvalue weighted by Gasteiger charge is 2.56. The second-order valence-electron chi connectivity index (χ2n) is 11.8. The van der Waals surface area contributed by atoms with Gasteiger partial charge in [-0.05, 0) is 46.5 Å². The van der Waals surface area contributed by atoms with E-state index in [1.807, 2.05) is 121 Å². The molecule has 1 heterocycles. The van der Waals surface area contributed by atoms with Crippen LogP contribution in [0.1, 0.15) is 27.8 Å². The third kappa shape index (κ3) is 8.69. The largest absolute Gasteiger partial charge is 0.371 e. The second-order valence-corrected chi connectivity index (χ2v) is 11.8. The predicted molar refractivity (Wildman–Crippen MR) is 184 cm³/mol. The van der Waals surface area contributed by atoms with Crippen molar-refractivity contribution in [2.75, 3.05) is 7.11 Å². The van der Waals surface area contributed by atoms with E-state index in [1.165, 1.54) is 31.4 Å². The van der Waals surface area contributed by atoms with Crippen molar-refractivity contribution >= 4 is 0 Å². The number of rotatable bonds is 12. The maximum absolute atomic E-state index is 14.2. The number of hydrogen-bond donors (Lipinski definition) is 1. The van der Waals surface area contributed by atoms with Crippen LogP contribution in [0, 0.1) is 17.7 Å². The fraction of sp³-hybridized carbons (Fsp3) is 0.238. The summed E-state index contributed by atoms with van der Waals surface area (Å²) in [6, 6.07) is 44.2. The van der Waals surface area contributed by atoms with Crippen LogP contribution in [-0.4, -0.2) is 42.9 Å². The second kappa shape index (κ2) is 16.6. The summed E-state index contributed by atoms with van der Waals surface area (Å²) in [5.74, 6) is 5.75. The summed E-state index contributed by atoms with van der Waals surface area (Å²) >= 11 is 0. The maximum Gasteiger partial charge on any atom is 0.186 e. The monoisotopic (exact) mass is 658 g/mol. The van der Waals surface area contributed by atoms with Gasteiger partial charge in [0, 0.05) is 12.7 Å². The van der Waals surface area contributed by atoms with Crippen molar-refractivity contribution in [3.05, 3.63) is 179 Å². The molecule has 6 nitrogen and oxygen atoms in total.